The number of thioether (sulfide) groups is 1. The normalized spacial score (nSPS) is 10.6. The number of nitrogens with one attached hydrogen (secondary N) is 1. The fraction of sp³-hybridized carbons (Fsp3) is 0.211. The van der Waals surface area contributed by atoms with E-state index in [4.69, 9.17) is 0 Å². The van der Waals surface area contributed by atoms with E-state index in [2.05, 4.69) is 15.5 Å². The van der Waals surface area contributed by atoms with Gasteiger partial charge in [-0.3, -0.25) is 4.79 Å². The Bertz CT molecular complexity index is 931. The Labute approximate surface area is 165 Å². The van der Waals surface area contributed by atoms with Crippen molar-refractivity contribution in [1.29, 1.82) is 0 Å². The first-order valence-electron chi connectivity index (χ1n) is 8.29. The average molecular weight is 403 g/mol. The number of carbonyl (C=O) groups is 1. The summed E-state index contributed by atoms with van der Waals surface area (Å²) in [5.41, 5.74) is 2.59. The SMILES string of the molecule is Cc1ccccc1Nc1nnc(SCC(=O)N(C)Cc2ccccc2F)s1. The topological polar surface area (TPSA) is 58.1 Å². The van der Waals surface area contributed by atoms with Crippen molar-refractivity contribution in [3.05, 3.63) is 65.5 Å². The summed E-state index contributed by atoms with van der Waals surface area (Å²) in [6.45, 7) is 2.26. The number of rotatable bonds is 7. The fourth-order valence-electron chi connectivity index (χ4n) is 2.35. The smallest absolute Gasteiger partial charge is 0.233 e. The summed E-state index contributed by atoms with van der Waals surface area (Å²) >= 11 is 2.72. The molecule has 0 aliphatic rings. The number of anilines is 2. The third kappa shape index (κ3) is 5.27. The first-order valence-corrected chi connectivity index (χ1v) is 10.1. The Morgan fingerprint density at radius 2 is 1.93 bits per heavy atom. The van der Waals surface area contributed by atoms with Crippen LogP contribution in [-0.2, 0) is 11.3 Å². The van der Waals surface area contributed by atoms with Crippen LogP contribution in [0.1, 0.15) is 11.1 Å². The summed E-state index contributed by atoms with van der Waals surface area (Å²) in [7, 11) is 1.67. The molecule has 0 atom stereocenters. The molecular formula is C19H19FN4OS2. The van der Waals surface area contributed by atoms with Crippen molar-refractivity contribution in [2.45, 2.75) is 17.8 Å². The van der Waals surface area contributed by atoms with Gasteiger partial charge in [-0.1, -0.05) is 59.5 Å². The summed E-state index contributed by atoms with van der Waals surface area (Å²) in [6, 6.07) is 14.4. The molecule has 0 spiro atoms. The zero-order valence-electron chi connectivity index (χ0n) is 15.0. The second-order valence-corrected chi connectivity index (χ2v) is 8.14. The monoisotopic (exact) mass is 402 g/mol. The first kappa shape index (κ1) is 19.3. The third-order valence-corrected chi connectivity index (χ3v) is 5.86. The predicted octanol–water partition coefficient (Wildman–Crippen LogP) is 4.48. The zero-order chi connectivity index (χ0) is 19.2. The predicted molar refractivity (Wildman–Crippen MR) is 108 cm³/mol. The summed E-state index contributed by atoms with van der Waals surface area (Å²) in [4.78, 5) is 13.8. The van der Waals surface area contributed by atoms with Gasteiger partial charge >= 0.3 is 0 Å². The molecule has 1 aromatic heterocycles. The van der Waals surface area contributed by atoms with Crippen molar-refractivity contribution in [2.75, 3.05) is 18.1 Å². The van der Waals surface area contributed by atoms with Gasteiger partial charge in [-0.15, -0.1) is 10.2 Å². The maximum Gasteiger partial charge on any atom is 0.233 e. The van der Waals surface area contributed by atoms with E-state index in [1.54, 1.807) is 25.2 Å². The quantitative estimate of drug-likeness (QED) is 0.591. The number of hydrogen-bond donors (Lipinski definition) is 1. The second kappa shape index (κ2) is 8.96. The number of hydrogen-bond acceptors (Lipinski definition) is 6. The molecule has 0 bridgehead atoms. The molecule has 3 rings (SSSR count). The first-order chi connectivity index (χ1) is 13.0. The van der Waals surface area contributed by atoms with E-state index in [9.17, 15) is 9.18 Å². The molecule has 0 aliphatic carbocycles. The van der Waals surface area contributed by atoms with E-state index in [0.717, 1.165) is 11.3 Å². The maximum atomic E-state index is 13.7. The fourth-order valence-corrected chi connectivity index (χ4v) is 4.06. The highest BCUT2D eigenvalue weighted by Gasteiger charge is 2.14. The van der Waals surface area contributed by atoms with Gasteiger partial charge in [0.05, 0.1) is 5.75 Å². The number of amides is 1. The molecular weight excluding hydrogens is 383 g/mol. The lowest BCUT2D eigenvalue weighted by molar-refractivity contribution is -0.127. The van der Waals surface area contributed by atoms with Crippen LogP contribution in [-0.4, -0.2) is 33.8 Å². The van der Waals surface area contributed by atoms with Gasteiger partial charge in [-0.2, -0.15) is 0 Å². The lowest BCUT2D eigenvalue weighted by Crippen LogP contribution is -2.28. The average Bonchev–Trinajstić information content (AvgIpc) is 3.11. The lowest BCUT2D eigenvalue weighted by atomic mass is 10.2. The van der Waals surface area contributed by atoms with Crippen molar-refractivity contribution in [3.8, 4) is 0 Å². The Kier molecular flexibility index (Phi) is 6.41. The number of benzene rings is 2. The van der Waals surface area contributed by atoms with Gasteiger partial charge in [0.2, 0.25) is 11.0 Å². The molecule has 1 heterocycles. The molecule has 0 unspecified atom stereocenters. The Morgan fingerprint density at radius 1 is 1.19 bits per heavy atom. The van der Waals surface area contributed by atoms with E-state index in [1.807, 2.05) is 31.2 Å². The minimum Gasteiger partial charge on any atom is -0.341 e. The van der Waals surface area contributed by atoms with E-state index in [1.165, 1.54) is 34.1 Å². The Hall–Kier alpha value is -2.45. The van der Waals surface area contributed by atoms with Gasteiger partial charge in [-0.05, 0) is 24.6 Å². The second-order valence-electron chi connectivity index (χ2n) is 5.94. The van der Waals surface area contributed by atoms with Crippen LogP contribution in [0, 0.1) is 12.7 Å². The van der Waals surface area contributed by atoms with Crippen molar-refractivity contribution in [1.82, 2.24) is 15.1 Å². The van der Waals surface area contributed by atoms with Crippen molar-refractivity contribution in [3.63, 3.8) is 0 Å². The molecule has 8 heteroatoms. The zero-order valence-corrected chi connectivity index (χ0v) is 16.6. The Morgan fingerprint density at radius 3 is 2.70 bits per heavy atom. The molecule has 0 saturated carbocycles. The summed E-state index contributed by atoms with van der Waals surface area (Å²) in [6.07, 6.45) is 0. The number of aromatic nitrogens is 2. The highest BCUT2D eigenvalue weighted by atomic mass is 32.2. The van der Waals surface area contributed by atoms with Crippen LogP contribution in [0.15, 0.2) is 52.9 Å². The molecule has 0 aliphatic heterocycles. The van der Waals surface area contributed by atoms with E-state index < -0.39 is 0 Å². The largest absolute Gasteiger partial charge is 0.341 e. The number of para-hydroxylation sites is 1. The van der Waals surface area contributed by atoms with Crippen LogP contribution in [0.3, 0.4) is 0 Å². The molecule has 3 aromatic rings. The van der Waals surface area contributed by atoms with Crippen molar-refractivity contribution < 1.29 is 9.18 Å². The highest BCUT2D eigenvalue weighted by Crippen LogP contribution is 2.28. The van der Waals surface area contributed by atoms with Crippen molar-refractivity contribution >= 4 is 39.8 Å². The number of halogens is 1. The summed E-state index contributed by atoms with van der Waals surface area (Å²) in [5.74, 6) is -0.169. The molecule has 0 radical (unpaired) electrons. The summed E-state index contributed by atoms with van der Waals surface area (Å²) in [5, 5.41) is 12.1. The third-order valence-electron chi connectivity index (χ3n) is 3.90. The molecule has 140 valence electrons. The Balaban J connectivity index is 1.53. The molecule has 0 fully saturated rings. The molecule has 1 N–H and O–H groups in total. The molecule has 0 saturated heterocycles. The minimum absolute atomic E-state index is 0.0909. The van der Waals surface area contributed by atoms with Crippen LogP contribution in [0.4, 0.5) is 15.2 Å². The van der Waals surface area contributed by atoms with Crippen LogP contribution in [0.5, 0.6) is 0 Å². The molecule has 1 amide bonds. The van der Waals surface area contributed by atoms with Gasteiger partial charge in [0.25, 0.3) is 0 Å². The molecule has 27 heavy (non-hydrogen) atoms. The van der Waals surface area contributed by atoms with Crippen molar-refractivity contribution in [2.24, 2.45) is 0 Å². The van der Waals surface area contributed by atoms with Gasteiger partial charge in [0, 0.05) is 24.8 Å². The number of aryl methyl sites for hydroxylation is 1. The van der Waals surface area contributed by atoms with Gasteiger partial charge in [-0.25, -0.2) is 4.39 Å². The van der Waals surface area contributed by atoms with Gasteiger partial charge in [0.15, 0.2) is 4.34 Å². The molecule has 5 nitrogen and oxygen atoms in total. The summed E-state index contributed by atoms with van der Waals surface area (Å²) < 4.78 is 14.4. The standard InChI is InChI=1S/C19H19FN4OS2/c1-13-7-3-6-10-16(13)21-18-22-23-19(27-18)26-12-17(25)24(2)11-14-8-4-5-9-15(14)20/h3-10H,11-12H2,1-2H3,(H,21,22). The highest BCUT2D eigenvalue weighted by molar-refractivity contribution is 8.01. The van der Waals surface area contributed by atoms with Gasteiger partial charge < -0.3 is 10.2 Å². The van der Waals surface area contributed by atoms with Crippen LogP contribution in [0.2, 0.25) is 0 Å². The van der Waals surface area contributed by atoms with E-state index in [0.29, 0.717) is 15.0 Å². The maximum absolute atomic E-state index is 13.7. The van der Waals surface area contributed by atoms with Crippen LogP contribution < -0.4 is 5.32 Å². The number of carbonyl (C=O) groups excluding carboxylic acids is 1. The number of nitrogens with zero attached hydrogens (tertiary/aromatic N) is 3. The van der Waals surface area contributed by atoms with E-state index in [-0.39, 0.29) is 24.0 Å². The van der Waals surface area contributed by atoms with Crippen LogP contribution in [0.25, 0.3) is 0 Å². The van der Waals surface area contributed by atoms with Gasteiger partial charge in [0.1, 0.15) is 5.82 Å². The lowest BCUT2D eigenvalue weighted by Gasteiger charge is -2.17. The minimum atomic E-state index is -0.305. The molecule has 2 aromatic carbocycles. The van der Waals surface area contributed by atoms with E-state index >= 15 is 0 Å². The van der Waals surface area contributed by atoms with Crippen LogP contribution >= 0.6 is 23.1 Å².